The number of aromatic nitrogens is 2. The van der Waals surface area contributed by atoms with Crippen LogP contribution in [0.1, 0.15) is 38.6 Å². The number of nitrogens with zero attached hydrogens (tertiary/aromatic N) is 3. The molecule has 0 bridgehead atoms. The average Bonchev–Trinajstić information content (AvgIpc) is 3.56. The fourth-order valence-corrected chi connectivity index (χ4v) is 5.39. The number of H-pyrrole nitrogens is 1. The summed E-state index contributed by atoms with van der Waals surface area (Å²) in [5.74, 6) is 1.08. The van der Waals surface area contributed by atoms with Crippen molar-refractivity contribution in [3.8, 4) is 22.8 Å². The Kier molecular flexibility index (Phi) is 6.19. The van der Waals surface area contributed by atoms with Gasteiger partial charge in [0.15, 0.2) is 5.76 Å². The highest BCUT2D eigenvalue weighted by Crippen LogP contribution is 2.38. The van der Waals surface area contributed by atoms with Crippen LogP contribution < -0.4 is 5.32 Å². The van der Waals surface area contributed by atoms with Crippen molar-refractivity contribution in [3.63, 3.8) is 0 Å². The van der Waals surface area contributed by atoms with Crippen LogP contribution in [0.15, 0.2) is 52.9 Å². The maximum atomic E-state index is 13.4. The topological polar surface area (TPSA) is 94.5 Å². The third-order valence-electron chi connectivity index (χ3n) is 7.65. The molecule has 1 fully saturated rings. The van der Waals surface area contributed by atoms with Gasteiger partial charge in [-0.3, -0.25) is 9.59 Å². The molecule has 2 N–H and O–H groups in total. The predicted molar refractivity (Wildman–Crippen MR) is 152 cm³/mol. The third kappa shape index (κ3) is 4.46. The summed E-state index contributed by atoms with van der Waals surface area (Å²) < 4.78 is 6.17. The minimum Gasteiger partial charge on any atom is -0.436 e. The van der Waals surface area contributed by atoms with E-state index in [1.54, 1.807) is 0 Å². The van der Waals surface area contributed by atoms with Crippen LogP contribution in [0.5, 0.6) is 0 Å². The lowest BCUT2D eigenvalue weighted by Crippen LogP contribution is -2.47. The fraction of sp³-hybridized carbons (Fsp3) is 0.258. The van der Waals surface area contributed by atoms with E-state index in [1.165, 1.54) is 0 Å². The van der Waals surface area contributed by atoms with E-state index in [2.05, 4.69) is 27.2 Å². The molecule has 4 heterocycles. The molecule has 4 aromatic rings. The summed E-state index contributed by atoms with van der Waals surface area (Å²) in [4.78, 5) is 38.5. The van der Waals surface area contributed by atoms with Crippen molar-refractivity contribution >= 4 is 29.2 Å². The number of likely N-dealkylation sites (N-methyl/N-ethyl adjacent to an activating group) is 1. The van der Waals surface area contributed by atoms with E-state index in [0.29, 0.717) is 35.9 Å². The monoisotopic (exact) mass is 521 g/mol. The molecule has 2 aliphatic rings. The van der Waals surface area contributed by atoms with Crippen LogP contribution in [0.25, 0.3) is 34.4 Å². The van der Waals surface area contributed by atoms with E-state index in [4.69, 9.17) is 4.42 Å². The Balaban J connectivity index is 1.34. The average molecular weight is 522 g/mol. The standard InChI is InChI=1S/C31H31N5O3/c1-18-26(32-19(2)27(18)31(38)36-14-12-35(4)13-15-36)17-24-23-16-22(10-11-25(23)34-29(24)37)28-20(3)33-30(39-28)21-8-6-5-7-9-21/h5-11,16-17,32H,12-15H2,1-4H3,(H,34,37). The first-order valence-corrected chi connectivity index (χ1v) is 13.2. The molecule has 1 saturated heterocycles. The zero-order valence-electron chi connectivity index (χ0n) is 22.6. The van der Waals surface area contributed by atoms with Gasteiger partial charge in [0.1, 0.15) is 0 Å². The van der Waals surface area contributed by atoms with Gasteiger partial charge in [-0.1, -0.05) is 18.2 Å². The minimum absolute atomic E-state index is 0.0348. The Morgan fingerprint density at radius 2 is 1.74 bits per heavy atom. The highest BCUT2D eigenvalue weighted by atomic mass is 16.4. The summed E-state index contributed by atoms with van der Waals surface area (Å²) in [6.45, 7) is 8.91. The predicted octanol–water partition coefficient (Wildman–Crippen LogP) is 5.14. The van der Waals surface area contributed by atoms with Gasteiger partial charge in [-0.05, 0) is 69.8 Å². The molecule has 8 nitrogen and oxygen atoms in total. The highest BCUT2D eigenvalue weighted by Gasteiger charge is 2.29. The SMILES string of the molecule is Cc1nc(-c2ccccc2)oc1-c1ccc2c(c1)C(=Cc1[nH]c(C)c(C(=O)N3CCN(C)CC3)c1C)C(=O)N2. The zero-order chi connectivity index (χ0) is 27.3. The normalized spacial score (nSPS) is 16.6. The summed E-state index contributed by atoms with van der Waals surface area (Å²) in [7, 11) is 2.07. The van der Waals surface area contributed by atoms with Crippen LogP contribution in [0.2, 0.25) is 0 Å². The first-order valence-electron chi connectivity index (χ1n) is 13.2. The van der Waals surface area contributed by atoms with Gasteiger partial charge >= 0.3 is 0 Å². The van der Waals surface area contributed by atoms with Crippen LogP contribution >= 0.6 is 0 Å². The van der Waals surface area contributed by atoms with Crippen LogP contribution in [0.3, 0.4) is 0 Å². The molecule has 0 saturated carbocycles. The van der Waals surface area contributed by atoms with E-state index < -0.39 is 0 Å². The molecular weight excluding hydrogens is 490 g/mol. The van der Waals surface area contributed by atoms with Crippen molar-refractivity contribution in [2.75, 3.05) is 38.5 Å². The molecule has 0 aliphatic carbocycles. The number of hydrogen-bond donors (Lipinski definition) is 2. The number of carbonyl (C=O) groups is 2. The summed E-state index contributed by atoms with van der Waals surface area (Å²) >= 11 is 0. The molecule has 8 heteroatoms. The number of nitrogens with one attached hydrogen (secondary N) is 2. The summed E-state index contributed by atoms with van der Waals surface area (Å²) in [6, 6.07) is 15.6. The largest absolute Gasteiger partial charge is 0.436 e. The Labute approximate surface area is 227 Å². The van der Waals surface area contributed by atoms with E-state index >= 15 is 0 Å². The summed E-state index contributed by atoms with van der Waals surface area (Å²) in [5, 5.41) is 2.96. The maximum Gasteiger partial charge on any atom is 0.256 e. The molecule has 0 atom stereocenters. The van der Waals surface area contributed by atoms with Crippen molar-refractivity contribution in [1.29, 1.82) is 0 Å². The third-order valence-corrected chi connectivity index (χ3v) is 7.65. The number of carbonyl (C=O) groups excluding carboxylic acids is 2. The quantitative estimate of drug-likeness (QED) is 0.363. The Hall–Kier alpha value is -4.43. The second kappa shape index (κ2) is 9.71. The second-order valence-corrected chi connectivity index (χ2v) is 10.3. The summed E-state index contributed by atoms with van der Waals surface area (Å²) in [5.41, 5.74) is 7.69. The van der Waals surface area contributed by atoms with Gasteiger partial charge in [-0.25, -0.2) is 4.98 Å². The number of amides is 2. The van der Waals surface area contributed by atoms with Gasteiger partial charge in [0.05, 0.1) is 16.8 Å². The number of hydrogen-bond acceptors (Lipinski definition) is 5. The first kappa shape index (κ1) is 24.9. The summed E-state index contributed by atoms with van der Waals surface area (Å²) in [6.07, 6.45) is 1.84. The van der Waals surface area contributed by atoms with Crippen molar-refractivity contribution in [2.45, 2.75) is 20.8 Å². The Morgan fingerprint density at radius 3 is 2.49 bits per heavy atom. The van der Waals surface area contributed by atoms with Crippen LogP contribution in [0.4, 0.5) is 5.69 Å². The molecular formula is C31H31N5O3. The van der Waals surface area contributed by atoms with Crippen LogP contribution in [-0.4, -0.2) is 64.8 Å². The molecule has 2 aromatic heterocycles. The van der Waals surface area contributed by atoms with Gasteiger partial charge in [0, 0.05) is 59.9 Å². The zero-order valence-corrected chi connectivity index (χ0v) is 22.6. The maximum absolute atomic E-state index is 13.4. The van der Waals surface area contributed by atoms with E-state index in [9.17, 15) is 9.59 Å². The fourth-order valence-electron chi connectivity index (χ4n) is 5.39. The molecule has 6 rings (SSSR count). The van der Waals surface area contributed by atoms with E-state index in [-0.39, 0.29) is 11.8 Å². The second-order valence-electron chi connectivity index (χ2n) is 10.3. The van der Waals surface area contributed by atoms with E-state index in [0.717, 1.165) is 58.1 Å². The van der Waals surface area contributed by atoms with Gasteiger partial charge < -0.3 is 24.5 Å². The number of aromatic amines is 1. The lowest BCUT2D eigenvalue weighted by atomic mass is 10.0. The van der Waals surface area contributed by atoms with Crippen molar-refractivity contribution in [1.82, 2.24) is 19.8 Å². The van der Waals surface area contributed by atoms with E-state index in [1.807, 2.05) is 80.3 Å². The molecule has 2 aliphatic heterocycles. The molecule has 198 valence electrons. The number of fused-ring (bicyclic) bond motifs is 1. The van der Waals surface area contributed by atoms with Crippen LogP contribution in [-0.2, 0) is 4.79 Å². The van der Waals surface area contributed by atoms with Crippen molar-refractivity contribution < 1.29 is 14.0 Å². The van der Waals surface area contributed by atoms with Gasteiger partial charge in [0.2, 0.25) is 5.89 Å². The molecule has 0 spiro atoms. The number of anilines is 1. The van der Waals surface area contributed by atoms with Crippen molar-refractivity contribution in [2.24, 2.45) is 0 Å². The Morgan fingerprint density at radius 1 is 1.00 bits per heavy atom. The first-order chi connectivity index (χ1) is 18.8. The molecule has 0 unspecified atom stereocenters. The number of benzene rings is 2. The highest BCUT2D eigenvalue weighted by molar-refractivity contribution is 6.35. The van der Waals surface area contributed by atoms with Gasteiger partial charge in [-0.15, -0.1) is 0 Å². The van der Waals surface area contributed by atoms with Gasteiger partial charge in [0.25, 0.3) is 11.8 Å². The number of piperazine rings is 1. The smallest absolute Gasteiger partial charge is 0.256 e. The lowest BCUT2D eigenvalue weighted by Gasteiger charge is -2.32. The number of oxazole rings is 1. The molecule has 2 aromatic carbocycles. The number of aryl methyl sites for hydroxylation is 2. The lowest BCUT2D eigenvalue weighted by molar-refractivity contribution is -0.110. The molecule has 39 heavy (non-hydrogen) atoms. The molecule has 0 radical (unpaired) electrons. The Bertz CT molecular complexity index is 1620. The minimum atomic E-state index is -0.181. The van der Waals surface area contributed by atoms with Gasteiger partial charge in [-0.2, -0.15) is 0 Å². The molecule has 2 amide bonds. The van der Waals surface area contributed by atoms with Crippen LogP contribution in [0, 0.1) is 20.8 Å². The number of rotatable bonds is 4. The van der Waals surface area contributed by atoms with Crippen molar-refractivity contribution in [3.05, 3.63) is 82.3 Å².